The standard InChI is InChI=1S/C20H19BrN2O/c1-12-5-2-3-6-14(12)20(24)23-18-8-4-7-15-16-11-13(21)9-10-17(16)22-19(15)18/h2-3,5-6,9-11,18,22H,4,7-8H2,1H3,(H,23,24)/t18-/m1/s1. The molecule has 1 atom stereocenters. The molecule has 1 aliphatic rings. The highest BCUT2D eigenvalue weighted by molar-refractivity contribution is 9.10. The molecule has 1 amide bonds. The van der Waals surface area contributed by atoms with Crippen molar-refractivity contribution in [1.29, 1.82) is 0 Å². The van der Waals surface area contributed by atoms with Gasteiger partial charge in [-0.05, 0) is 61.6 Å². The van der Waals surface area contributed by atoms with Crippen molar-refractivity contribution in [3.63, 3.8) is 0 Å². The predicted octanol–water partition coefficient (Wildman–Crippen LogP) is 5.05. The van der Waals surface area contributed by atoms with E-state index >= 15 is 0 Å². The van der Waals surface area contributed by atoms with Crippen LogP contribution in [0, 0.1) is 6.92 Å². The van der Waals surface area contributed by atoms with Crippen molar-refractivity contribution < 1.29 is 4.79 Å². The zero-order valence-electron chi connectivity index (χ0n) is 13.5. The highest BCUT2D eigenvalue weighted by Crippen LogP contribution is 2.36. The first kappa shape index (κ1) is 15.5. The molecule has 2 N–H and O–H groups in total. The predicted molar refractivity (Wildman–Crippen MR) is 100 cm³/mol. The van der Waals surface area contributed by atoms with Gasteiger partial charge in [-0.2, -0.15) is 0 Å². The summed E-state index contributed by atoms with van der Waals surface area (Å²) in [5, 5.41) is 4.48. The van der Waals surface area contributed by atoms with Crippen LogP contribution in [0.3, 0.4) is 0 Å². The minimum absolute atomic E-state index is 0.00536. The molecule has 0 saturated heterocycles. The largest absolute Gasteiger partial charge is 0.356 e. The lowest BCUT2D eigenvalue weighted by molar-refractivity contribution is 0.0931. The molecule has 0 fully saturated rings. The molecule has 1 aliphatic carbocycles. The second-order valence-electron chi connectivity index (χ2n) is 6.44. The van der Waals surface area contributed by atoms with Gasteiger partial charge in [0, 0.05) is 26.6 Å². The van der Waals surface area contributed by atoms with Crippen LogP contribution in [0.25, 0.3) is 10.9 Å². The number of aryl methyl sites for hydroxylation is 2. The maximum Gasteiger partial charge on any atom is 0.252 e. The smallest absolute Gasteiger partial charge is 0.252 e. The van der Waals surface area contributed by atoms with Crippen LogP contribution in [0.4, 0.5) is 0 Å². The molecule has 3 aromatic rings. The molecule has 1 heterocycles. The van der Waals surface area contributed by atoms with E-state index in [0.29, 0.717) is 0 Å². The molecule has 4 rings (SSSR count). The topological polar surface area (TPSA) is 44.9 Å². The Kier molecular flexibility index (Phi) is 3.93. The van der Waals surface area contributed by atoms with Crippen molar-refractivity contribution in [2.24, 2.45) is 0 Å². The summed E-state index contributed by atoms with van der Waals surface area (Å²) >= 11 is 3.56. The molecule has 2 aromatic carbocycles. The summed E-state index contributed by atoms with van der Waals surface area (Å²) in [4.78, 5) is 16.2. The zero-order valence-corrected chi connectivity index (χ0v) is 15.1. The van der Waals surface area contributed by atoms with Gasteiger partial charge < -0.3 is 10.3 Å². The number of hydrogen-bond donors (Lipinski definition) is 2. The Bertz CT molecular complexity index is 929. The van der Waals surface area contributed by atoms with Gasteiger partial charge in [-0.15, -0.1) is 0 Å². The van der Waals surface area contributed by atoms with E-state index in [4.69, 9.17) is 0 Å². The maximum absolute atomic E-state index is 12.7. The Labute approximate surface area is 149 Å². The number of rotatable bonds is 2. The Morgan fingerprint density at radius 3 is 2.92 bits per heavy atom. The molecular formula is C20H19BrN2O. The first-order valence-corrected chi connectivity index (χ1v) is 9.09. The van der Waals surface area contributed by atoms with Crippen molar-refractivity contribution in [3.05, 3.63) is 69.3 Å². The normalized spacial score (nSPS) is 16.8. The number of benzene rings is 2. The van der Waals surface area contributed by atoms with Gasteiger partial charge in [0.05, 0.1) is 6.04 Å². The van der Waals surface area contributed by atoms with Crippen LogP contribution >= 0.6 is 15.9 Å². The summed E-state index contributed by atoms with van der Waals surface area (Å²) in [5.41, 5.74) is 5.40. The third kappa shape index (κ3) is 2.65. The minimum atomic E-state index is 0.00536. The molecule has 0 radical (unpaired) electrons. The van der Waals surface area contributed by atoms with E-state index in [0.717, 1.165) is 46.1 Å². The van der Waals surface area contributed by atoms with Gasteiger partial charge in [-0.25, -0.2) is 0 Å². The molecule has 0 aliphatic heterocycles. The van der Waals surface area contributed by atoms with Crippen molar-refractivity contribution in [2.45, 2.75) is 32.2 Å². The lowest BCUT2D eigenvalue weighted by atomic mass is 9.91. The number of halogens is 1. The van der Waals surface area contributed by atoms with Crippen LogP contribution in [0.15, 0.2) is 46.9 Å². The third-order valence-corrected chi connectivity index (χ3v) is 5.36. The molecule has 1 aromatic heterocycles. The van der Waals surface area contributed by atoms with Gasteiger partial charge in [-0.1, -0.05) is 34.1 Å². The Hall–Kier alpha value is -2.07. The number of aromatic amines is 1. The quantitative estimate of drug-likeness (QED) is 0.639. The highest BCUT2D eigenvalue weighted by Gasteiger charge is 2.26. The third-order valence-electron chi connectivity index (χ3n) is 4.86. The lowest BCUT2D eigenvalue weighted by Crippen LogP contribution is -2.31. The summed E-state index contributed by atoms with van der Waals surface area (Å²) in [5.74, 6) is 0.00536. The summed E-state index contributed by atoms with van der Waals surface area (Å²) in [6.45, 7) is 1.97. The zero-order chi connectivity index (χ0) is 16.7. The number of fused-ring (bicyclic) bond motifs is 3. The summed E-state index contributed by atoms with van der Waals surface area (Å²) in [7, 11) is 0. The van der Waals surface area contributed by atoms with E-state index in [2.05, 4.69) is 38.4 Å². The lowest BCUT2D eigenvalue weighted by Gasteiger charge is -2.24. The van der Waals surface area contributed by atoms with Gasteiger partial charge in [0.2, 0.25) is 0 Å². The van der Waals surface area contributed by atoms with Gasteiger partial charge in [0.1, 0.15) is 0 Å². The monoisotopic (exact) mass is 382 g/mol. The average Bonchev–Trinajstić information content (AvgIpc) is 2.94. The number of H-pyrrole nitrogens is 1. The average molecular weight is 383 g/mol. The van der Waals surface area contributed by atoms with E-state index in [-0.39, 0.29) is 11.9 Å². The van der Waals surface area contributed by atoms with E-state index in [1.807, 2.05) is 37.3 Å². The number of amides is 1. The summed E-state index contributed by atoms with van der Waals surface area (Å²) < 4.78 is 1.09. The summed E-state index contributed by atoms with van der Waals surface area (Å²) in [6, 6.07) is 14.1. The van der Waals surface area contributed by atoms with Crippen LogP contribution in [0.5, 0.6) is 0 Å². The Balaban J connectivity index is 1.68. The van der Waals surface area contributed by atoms with Gasteiger partial charge in [0.15, 0.2) is 0 Å². The fourth-order valence-corrected chi connectivity index (χ4v) is 4.00. The number of carbonyl (C=O) groups is 1. The molecule has 0 bridgehead atoms. The molecular weight excluding hydrogens is 364 g/mol. The van der Waals surface area contributed by atoms with Gasteiger partial charge >= 0.3 is 0 Å². The van der Waals surface area contributed by atoms with E-state index in [9.17, 15) is 4.79 Å². The molecule has 0 spiro atoms. The molecule has 3 nitrogen and oxygen atoms in total. The van der Waals surface area contributed by atoms with Crippen LogP contribution in [-0.4, -0.2) is 10.9 Å². The summed E-state index contributed by atoms with van der Waals surface area (Å²) in [6.07, 6.45) is 3.12. The highest BCUT2D eigenvalue weighted by atomic mass is 79.9. The van der Waals surface area contributed by atoms with E-state index in [1.54, 1.807) is 0 Å². The van der Waals surface area contributed by atoms with Crippen molar-refractivity contribution >= 4 is 32.7 Å². The van der Waals surface area contributed by atoms with Crippen LogP contribution < -0.4 is 5.32 Å². The van der Waals surface area contributed by atoms with E-state index in [1.165, 1.54) is 10.9 Å². The second kappa shape index (κ2) is 6.10. The van der Waals surface area contributed by atoms with Gasteiger partial charge in [0.25, 0.3) is 5.91 Å². The van der Waals surface area contributed by atoms with Crippen molar-refractivity contribution in [2.75, 3.05) is 0 Å². The van der Waals surface area contributed by atoms with Gasteiger partial charge in [-0.3, -0.25) is 4.79 Å². The SMILES string of the molecule is Cc1ccccc1C(=O)N[C@@H]1CCCc2c1[nH]c1ccc(Br)cc21. The van der Waals surface area contributed by atoms with Crippen molar-refractivity contribution in [1.82, 2.24) is 10.3 Å². The van der Waals surface area contributed by atoms with Crippen LogP contribution in [-0.2, 0) is 6.42 Å². The first-order chi connectivity index (χ1) is 11.6. The van der Waals surface area contributed by atoms with E-state index < -0.39 is 0 Å². The molecule has 122 valence electrons. The molecule has 0 unspecified atom stereocenters. The maximum atomic E-state index is 12.7. The number of nitrogens with one attached hydrogen (secondary N) is 2. The molecule has 24 heavy (non-hydrogen) atoms. The Morgan fingerprint density at radius 2 is 2.08 bits per heavy atom. The number of hydrogen-bond acceptors (Lipinski definition) is 1. The molecule has 4 heteroatoms. The fourth-order valence-electron chi connectivity index (χ4n) is 3.64. The minimum Gasteiger partial charge on any atom is -0.356 e. The van der Waals surface area contributed by atoms with Crippen LogP contribution in [0.2, 0.25) is 0 Å². The molecule has 0 saturated carbocycles. The number of aromatic nitrogens is 1. The Morgan fingerprint density at radius 1 is 1.25 bits per heavy atom. The second-order valence-corrected chi connectivity index (χ2v) is 7.36. The number of carbonyl (C=O) groups excluding carboxylic acids is 1. The van der Waals surface area contributed by atoms with Crippen LogP contribution in [0.1, 0.15) is 46.1 Å². The van der Waals surface area contributed by atoms with Crippen molar-refractivity contribution in [3.8, 4) is 0 Å². The first-order valence-electron chi connectivity index (χ1n) is 8.30. The fraction of sp³-hybridized carbons (Fsp3) is 0.250.